The molecule has 394 valence electrons. The van der Waals surface area contributed by atoms with Crippen molar-refractivity contribution >= 4 is 70.0 Å². The fraction of sp³-hybridized carbons (Fsp3) is 0.577. The minimum atomic E-state index is -0.934. The molecule has 18 nitrogen and oxygen atoms in total. The number of hydrogen-bond donors (Lipinski definition) is 5. The van der Waals surface area contributed by atoms with E-state index in [0.717, 1.165) is 52.5 Å². The molecule has 6 N–H and O–H groups in total. The van der Waals surface area contributed by atoms with Gasteiger partial charge in [0.1, 0.15) is 28.6 Å². The third-order valence-electron chi connectivity index (χ3n) is 15.0. The number of nitrogens with two attached hydrogens (primary N) is 1. The minimum absolute atomic E-state index is 0.0164. The van der Waals surface area contributed by atoms with Crippen molar-refractivity contribution in [1.82, 2.24) is 45.3 Å². The van der Waals surface area contributed by atoms with Gasteiger partial charge in [-0.05, 0) is 67.2 Å². The third kappa shape index (κ3) is 12.8. The van der Waals surface area contributed by atoms with E-state index in [9.17, 15) is 29.4 Å². The van der Waals surface area contributed by atoms with Crippen LogP contribution in [0.4, 0.5) is 11.6 Å². The zero-order valence-corrected chi connectivity index (χ0v) is 45.2. The fourth-order valence-electron chi connectivity index (χ4n) is 10.4. The van der Waals surface area contributed by atoms with Gasteiger partial charge in [0.25, 0.3) is 0 Å². The first kappa shape index (κ1) is 54.3. The van der Waals surface area contributed by atoms with E-state index in [1.54, 1.807) is 23.7 Å². The Hall–Kier alpha value is -4.96. The van der Waals surface area contributed by atoms with Gasteiger partial charge in [-0.3, -0.25) is 24.1 Å². The number of aliphatic hydroxyl groups is 2. The highest BCUT2D eigenvalue weighted by molar-refractivity contribution is 7.99. The molecule has 4 amide bonds. The average Bonchev–Trinajstić information content (AvgIpc) is 4.00. The third-order valence-corrected chi connectivity index (χ3v) is 17.4. The molecule has 0 bridgehead atoms. The summed E-state index contributed by atoms with van der Waals surface area (Å²) in [5.74, 6) is 0.209. The van der Waals surface area contributed by atoms with Crippen LogP contribution in [0.5, 0.6) is 0 Å². The Morgan fingerprint density at radius 2 is 1.63 bits per heavy atom. The molecular weight excluding hydrogens is 988 g/mol. The van der Waals surface area contributed by atoms with Crippen LogP contribution in [-0.4, -0.2) is 159 Å². The van der Waals surface area contributed by atoms with E-state index >= 15 is 0 Å². The van der Waals surface area contributed by atoms with Gasteiger partial charge in [0.15, 0.2) is 5.82 Å². The lowest BCUT2D eigenvalue weighted by Crippen LogP contribution is -2.58. The number of carbonyl (C=O) groups is 4. The van der Waals surface area contributed by atoms with Gasteiger partial charge in [0.05, 0.1) is 46.1 Å². The van der Waals surface area contributed by atoms with Gasteiger partial charge in [-0.15, -0.1) is 11.3 Å². The molecule has 0 radical (unpaired) electrons. The van der Waals surface area contributed by atoms with Gasteiger partial charge in [0, 0.05) is 95.8 Å². The van der Waals surface area contributed by atoms with Crippen LogP contribution in [0.3, 0.4) is 0 Å². The number of rotatable bonds is 15. The molecule has 4 aliphatic rings. The minimum Gasteiger partial charge on any atom is -0.391 e. The van der Waals surface area contributed by atoms with E-state index in [0.29, 0.717) is 92.6 Å². The standard InChI is InChI=1S/C52H71ClN12O6S2/c1-32-44(72-31-57-32)35-9-7-34(8-10-35)38(60-48(69)40-25-37(68)27-65(40)50(71)45(51(3,4)5)58-33(2)67)28-61-21-23-64(24-22-61)49(70)36-12-17-62(18-13-36)47-43(53)41(11-16-55-47)73-42-26-56-46(39(29-66)59-42)63-19-14-52(6,30-54)15-20-63/h7-11,16,26,31,36-38,40,45,66,68H,12-15,17-25,27-30,54H2,1-6H3,(H,58,67)(H,60,69)/t37-,38+,40+,45-/m1/s1. The lowest BCUT2D eigenvalue weighted by molar-refractivity contribution is -0.144. The molecule has 4 saturated heterocycles. The van der Waals surface area contributed by atoms with E-state index in [1.807, 2.05) is 68.4 Å². The van der Waals surface area contributed by atoms with E-state index in [4.69, 9.17) is 27.3 Å². The molecule has 0 aliphatic carbocycles. The van der Waals surface area contributed by atoms with Gasteiger partial charge < -0.3 is 46.2 Å². The van der Waals surface area contributed by atoms with Crippen molar-refractivity contribution in [3.8, 4) is 10.4 Å². The highest BCUT2D eigenvalue weighted by Gasteiger charge is 2.45. The fourth-order valence-corrected chi connectivity index (χ4v) is 12.3. The first-order chi connectivity index (χ1) is 34.8. The summed E-state index contributed by atoms with van der Waals surface area (Å²) in [6.45, 7) is 17.1. The Labute approximate surface area is 441 Å². The maximum absolute atomic E-state index is 14.3. The molecule has 3 aromatic heterocycles. The number of pyridine rings is 1. The number of anilines is 2. The molecule has 0 unspecified atom stereocenters. The van der Waals surface area contributed by atoms with Crippen LogP contribution in [-0.2, 0) is 25.8 Å². The molecule has 21 heteroatoms. The number of nitrogens with zero attached hydrogens (tertiary/aromatic N) is 9. The van der Waals surface area contributed by atoms with Gasteiger partial charge in [-0.25, -0.2) is 19.9 Å². The average molecular weight is 1060 g/mol. The molecule has 1 aromatic carbocycles. The number of aryl methyl sites for hydroxylation is 1. The lowest BCUT2D eigenvalue weighted by atomic mass is 9.80. The van der Waals surface area contributed by atoms with E-state index < -0.39 is 35.6 Å². The molecule has 4 fully saturated rings. The van der Waals surface area contributed by atoms with Crippen molar-refractivity contribution in [3.63, 3.8) is 0 Å². The number of amides is 4. The van der Waals surface area contributed by atoms with Crippen molar-refractivity contribution < 1.29 is 29.4 Å². The number of halogens is 1. The zero-order valence-electron chi connectivity index (χ0n) is 42.9. The Bertz CT molecular complexity index is 2590. The number of likely N-dealkylation sites (tertiary alicyclic amines) is 1. The van der Waals surface area contributed by atoms with Crippen LogP contribution in [0.15, 0.2) is 58.2 Å². The van der Waals surface area contributed by atoms with Gasteiger partial charge in [-0.1, -0.05) is 75.3 Å². The molecule has 7 heterocycles. The lowest BCUT2D eigenvalue weighted by Gasteiger charge is -2.40. The quantitative estimate of drug-likeness (QED) is 0.107. The van der Waals surface area contributed by atoms with Crippen LogP contribution < -0.4 is 26.2 Å². The first-order valence-electron chi connectivity index (χ1n) is 25.4. The number of carbonyl (C=O) groups excluding carboxylic acids is 4. The van der Waals surface area contributed by atoms with Crippen molar-refractivity contribution in [2.24, 2.45) is 22.5 Å². The number of β-amino-alcohol motifs (C(OH)–C–C–N with tert-alkyl or cyclic N) is 1. The number of benzene rings is 1. The Morgan fingerprint density at radius 3 is 2.25 bits per heavy atom. The smallest absolute Gasteiger partial charge is 0.246 e. The number of aliphatic hydroxyl groups excluding tert-OH is 2. The number of nitrogens with one attached hydrogen (secondary N) is 2. The van der Waals surface area contributed by atoms with Crippen molar-refractivity contribution in [3.05, 3.63) is 70.2 Å². The van der Waals surface area contributed by atoms with Crippen molar-refractivity contribution in [2.45, 2.75) is 114 Å². The van der Waals surface area contributed by atoms with Gasteiger partial charge in [0.2, 0.25) is 23.6 Å². The van der Waals surface area contributed by atoms with Crippen LogP contribution in [0, 0.1) is 23.7 Å². The number of aromatic nitrogens is 4. The molecule has 4 aromatic rings. The highest BCUT2D eigenvalue weighted by Crippen LogP contribution is 2.40. The largest absolute Gasteiger partial charge is 0.391 e. The van der Waals surface area contributed by atoms with Crippen LogP contribution >= 0.6 is 34.7 Å². The predicted octanol–water partition coefficient (Wildman–Crippen LogP) is 4.90. The summed E-state index contributed by atoms with van der Waals surface area (Å²) in [5, 5.41) is 28.3. The maximum Gasteiger partial charge on any atom is 0.246 e. The first-order valence-corrected chi connectivity index (χ1v) is 27.5. The van der Waals surface area contributed by atoms with Crippen LogP contribution in [0.25, 0.3) is 10.4 Å². The molecule has 4 aliphatic heterocycles. The predicted molar refractivity (Wildman–Crippen MR) is 284 cm³/mol. The summed E-state index contributed by atoms with van der Waals surface area (Å²) in [5.41, 5.74) is 10.7. The number of thiazole rings is 1. The van der Waals surface area contributed by atoms with Crippen LogP contribution in [0.1, 0.15) is 89.7 Å². The number of piperidine rings is 2. The summed E-state index contributed by atoms with van der Waals surface area (Å²) in [7, 11) is 0. The highest BCUT2D eigenvalue weighted by atomic mass is 35.5. The Morgan fingerprint density at radius 1 is 0.945 bits per heavy atom. The van der Waals surface area contributed by atoms with Gasteiger partial charge >= 0.3 is 0 Å². The SMILES string of the molecule is CC(=O)N[C@H](C(=O)N1C[C@H](O)C[C@H]1C(=O)N[C@@H](CN1CCN(C(=O)C2CCN(c3nccc(Sc4cnc(N5CCC(C)(CN)CC5)c(CO)n4)c3Cl)CC2)CC1)c1ccc(-c2scnc2C)cc1)C(C)(C)C. The Balaban J connectivity index is 0.879. The zero-order chi connectivity index (χ0) is 52.2. The molecule has 4 atom stereocenters. The molecule has 8 rings (SSSR count). The summed E-state index contributed by atoms with van der Waals surface area (Å²) < 4.78 is 0. The molecular formula is C52H71ClN12O6S2. The van der Waals surface area contributed by atoms with E-state index in [1.165, 1.54) is 23.6 Å². The topological polar surface area (TPSA) is 227 Å². The second kappa shape index (κ2) is 23.3. The maximum atomic E-state index is 14.3. The van der Waals surface area contributed by atoms with Crippen molar-refractivity contribution in [2.75, 3.05) is 81.8 Å². The monoisotopic (exact) mass is 1060 g/mol. The summed E-state index contributed by atoms with van der Waals surface area (Å²) in [6.07, 6.45) is 5.86. The van der Waals surface area contributed by atoms with Crippen molar-refractivity contribution in [1.29, 1.82) is 0 Å². The van der Waals surface area contributed by atoms with E-state index in [2.05, 4.69) is 42.2 Å². The molecule has 0 spiro atoms. The van der Waals surface area contributed by atoms with E-state index in [-0.39, 0.29) is 48.6 Å². The Kier molecular flexibility index (Phi) is 17.3. The second-order valence-corrected chi connectivity index (χ2v) is 23.7. The summed E-state index contributed by atoms with van der Waals surface area (Å²) >= 11 is 9.99. The van der Waals surface area contributed by atoms with Crippen LogP contribution in [0.2, 0.25) is 5.02 Å². The van der Waals surface area contributed by atoms with Gasteiger partial charge in [-0.2, -0.15) is 0 Å². The second-order valence-electron chi connectivity index (χ2n) is 21.4. The summed E-state index contributed by atoms with van der Waals surface area (Å²) in [6, 6.07) is 7.65. The normalized spacial score (nSPS) is 20.7. The summed E-state index contributed by atoms with van der Waals surface area (Å²) in [4.78, 5) is 85.0. The molecule has 0 saturated carbocycles. The number of hydrogen-bond acceptors (Lipinski definition) is 16. The number of piperazine rings is 1. The molecule has 73 heavy (non-hydrogen) atoms.